The summed E-state index contributed by atoms with van der Waals surface area (Å²) >= 11 is 0. The molecular formula is C17H23F3N6O2. The van der Waals surface area contributed by atoms with E-state index < -0.39 is 23.7 Å². The van der Waals surface area contributed by atoms with Gasteiger partial charge in [-0.25, -0.2) is 4.79 Å². The predicted molar refractivity (Wildman–Crippen MR) is 95.0 cm³/mol. The van der Waals surface area contributed by atoms with E-state index in [4.69, 9.17) is 4.74 Å². The van der Waals surface area contributed by atoms with Crippen molar-refractivity contribution in [1.29, 1.82) is 0 Å². The first kappa shape index (κ1) is 20.2. The minimum atomic E-state index is -4.65. The van der Waals surface area contributed by atoms with Crippen LogP contribution < -0.4 is 4.90 Å². The molecule has 2 unspecified atom stereocenters. The summed E-state index contributed by atoms with van der Waals surface area (Å²) in [4.78, 5) is 15.9. The van der Waals surface area contributed by atoms with Crippen molar-refractivity contribution in [3.8, 4) is 0 Å². The van der Waals surface area contributed by atoms with Gasteiger partial charge in [-0.2, -0.15) is 17.7 Å². The normalized spacial score (nSPS) is 21.3. The maximum atomic E-state index is 13.1. The van der Waals surface area contributed by atoms with Crippen LogP contribution in [0.3, 0.4) is 0 Å². The summed E-state index contributed by atoms with van der Waals surface area (Å²) in [5, 5.41) is 10.8. The van der Waals surface area contributed by atoms with E-state index in [0.29, 0.717) is 23.4 Å². The fourth-order valence-corrected chi connectivity index (χ4v) is 3.13. The summed E-state index contributed by atoms with van der Waals surface area (Å²) in [5.74, 6) is -0.807. The Morgan fingerprint density at radius 2 is 1.79 bits per heavy atom. The van der Waals surface area contributed by atoms with Gasteiger partial charge in [-0.3, -0.25) is 0 Å². The molecule has 1 amide bonds. The van der Waals surface area contributed by atoms with Crippen molar-refractivity contribution in [3.63, 3.8) is 0 Å². The molecule has 11 heteroatoms. The fourth-order valence-electron chi connectivity index (χ4n) is 3.13. The number of hydrogen-bond donors (Lipinski definition) is 0. The summed E-state index contributed by atoms with van der Waals surface area (Å²) in [6, 6.07) is 2.68. The molecule has 3 heterocycles. The Labute approximate surface area is 160 Å². The monoisotopic (exact) mass is 400 g/mol. The molecule has 0 spiro atoms. The number of anilines is 1. The summed E-state index contributed by atoms with van der Waals surface area (Å²) in [6.45, 7) is 9.91. The van der Waals surface area contributed by atoms with E-state index in [2.05, 4.69) is 15.3 Å². The molecule has 3 rings (SSSR count). The van der Waals surface area contributed by atoms with Gasteiger partial charge in [-0.15, -0.1) is 15.3 Å². The van der Waals surface area contributed by atoms with E-state index in [9.17, 15) is 18.0 Å². The number of piperazine rings is 1. The van der Waals surface area contributed by atoms with E-state index in [1.54, 1.807) is 31.7 Å². The molecule has 0 bridgehead atoms. The maximum absolute atomic E-state index is 13.1. The lowest BCUT2D eigenvalue weighted by Crippen LogP contribution is -2.59. The fraction of sp³-hybridized carbons (Fsp3) is 0.647. The number of hydrogen-bond acceptors (Lipinski definition) is 6. The quantitative estimate of drug-likeness (QED) is 0.733. The molecule has 0 aromatic carbocycles. The van der Waals surface area contributed by atoms with Crippen LogP contribution in [-0.4, -0.2) is 61.6 Å². The molecule has 2 atom stereocenters. The Hall–Kier alpha value is -2.59. The van der Waals surface area contributed by atoms with Crippen molar-refractivity contribution in [2.45, 2.75) is 58.5 Å². The maximum Gasteiger partial charge on any atom is 0.453 e. The highest BCUT2D eigenvalue weighted by Crippen LogP contribution is 2.29. The highest BCUT2D eigenvalue weighted by Gasteiger charge is 2.39. The molecule has 154 valence electrons. The number of fused-ring (bicyclic) bond motifs is 1. The number of carbonyl (C=O) groups is 1. The van der Waals surface area contributed by atoms with Crippen molar-refractivity contribution in [1.82, 2.24) is 24.7 Å². The topological polar surface area (TPSA) is 75.9 Å². The van der Waals surface area contributed by atoms with Crippen LogP contribution in [0, 0.1) is 0 Å². The summed E-state index contributed by atoms with van der Waals surface area (Å²) < 4.78 is 45.5. The Balaban J connectivity index is 1.84. The first-order chi connectivity index (χ1) is 12.9. The van der Waals surface area contributed by atoms with Crippen LogP contribution in [0.25, 0.3) is 5.65 Å². The molecule has 0 radical (unpaired) electrons. The molecule has 2 aromatic rings. The van der Waals surface area contributed by atoms with Gasteiger partial charge in [0.15, 0.2) is 5.65 Å². The Morgan fingerprint density at radius 3 is 2.39 bits per heavy atom. The lowest BCUT2D eigenvalue weighted by atomic mass is 10.1. The average Bonchev–Trinajstić information content (AvgIpc) is 2.98. The predicted octanol–water partition coefficient (Wildman–Crippen LogP) is 2.98. The molecule has 2 aromatic heterocycles. The number of amides is 1. The lowest BCUT2D eigenvalue weighted by Gasteiger charge is -2.44. The standard InChI is InChI=1S/C17H23F3N6O2/c1-10-9-25(15(27)28-16(3,4)5)11(2)8-24(10)13-7-6-12-21-22-14(17(18,19)20)26(12)23-13/h6-7,10-11H,8-9H2,1-5H3. The van der Waals surface area contributed by atoms with E-state index in [-0.39, 0.29) is 17.7 Å². The van der Waals surface area contributed by atoms with Crippen LogP contribution in [0.1, 0.15) is 40.4 Å². The number of ether oxygens (including phenoxy) is 1. The molecule has 1 saturated heterocycles. The zero-order chi connectivity index (χ0) is 20.9. The van der Waals surface area contributed by atoms with Gasteiger partial charge in [0.2, 0.25) is 0 Å². The Kier molecular flexibility index (Phi) is 4.88. The number of halogens is 3. The van der Waals surface area contributed by atoms with Crippen molar-refractivity contribution in [2.24, 2.45) is 0 Å². The zero-order valence-corrected chi connectivity index (χ0v) is 16.4. The summed E-state index contributed by atoms with van der Waals surface area (Å²) in [6.07, 6.45) is -5.06. The number of nitrogens with zero attached hydrogens (tertiary/aromatic N) is 6. The van der Waals surface area contributed by atoms with Crippen LogP contribution in [0.4, 0.5) is 23.8 Å². The molecule has 8 nitrogen and oxygen atoms in total. The van der Waals surface area contributed by atoms with E-state index in [0.717, 1.165) is 0 Å². The largest absolute Gasteiger partial charge is 0.453 e. The minimum Gasteiger partial charge on any atom is -0.444 e. The van der Waals surface area contributed by atoms with E-state index in [1.807, 2.05) is 18.7 Å². The number of carbonyl (C=O) groups excluding carboxylic acids is 1. The molecular weight excluding hydrogens is 377 g/mol. The molecule has 0 saturated carbocycles. The molecule has 0 N–H and O–H groups in total. The zero-order valence-electron chi connectivity index (χ0n) is 16.4. The first-order valence-corrected chi connectivity index (χ1v) is 8.93. The van der Waals surface area contributed by atoms with E-state index in [1.165, 1.54) is 6.07 Å². The molecule has 1 fully saturated rings. The third-order valence-corrected chi connectivity index (χ3v) is 4.41. The second-order valence-corrected chi connectivity index (χ2v) is 7.97. The molecule has 28 heavy (non-hydrogen) atoms. The van der Waals surface area contributed by atoms with Crippen molar-refractivity contribution in [3.05, 3.63) is 18.0 Å². The van der Waals surface area contributed by atoms with Crippen molar-refractivity contribution >= 4 is 17.6 Å². The van der Waals surface area contributed by atoms with Crippen LogP contribution in [-0.2, 0) is 10.9 Å². The second-order valence-electron chi connectivity index (χ2n) is 7.97. The van der Waals surface area contributed by atoms with Crippen molar-refractivity contribution in [2.75, 3.05) is 18.0 Å². The number of alkyl halides is 3. The van der Waals surface area contributed by atoms with Crippen LogP contribution in [0.15, 0.2) is 12.1 Å². The van der Waals surface area contributed by atoms with Crippen molar-refractivity contribution < 1.29 is 22.7 Å². The summed E-state index contributed by atoms with van der Waals surface area (Å²) in [5.41, 5.74) is -0.587. The smallest absolute Gasteiger partial charge is 0.444 e. The highest BCUT2D eigenvalue weighted by atomic mass is 19.4. The third-order valence-electron chi connectivity index (χ3n) is 4.41. The van der Waals surface area contributed by atoms with Gasteiger partial charge in [0.25, 0.3) is 5.82 Å². The van der Waals surface area contributed by atoms with Gasteiger partial charge in [-0.05, 0) is 46.8 Å². The number of rotatable bonds is 1. The highest BCUT2D eigenvalue weighted by molar-refractivity contribution is 5.69. The van der Waals surface area contributed by atoms with Crippen LogP contribution in [0.2, 0.25) is 0 Å². The number of aromatic nitrogens is 4. The first-order valence-electron chi connectivity index (χ1n) is 8.93. The minimum absolute atomic E-state index is 0.0177. The molecule has 1 aliphatic rings. The van der Waals surface area contributed by atoms with Gasteiger partial charge in [0, 0.05) is 25.2 Å². The SMILES string of the molecule is CC1CN(c2ccc3nnc(C(F)(F)F)n3n2)C(C)CN1C(=O)OC(C)(C)C. The van der Waals surface area contributed by atoms with Gasteiger partial charge >= 0.3 is 12.3 Å². The van der Waals surface area contributed by atoms with Gasteiger partial charge in [0.05, 0.1) is 0 Å². The Morgan fingerprint density at radius 1 is 1.11 bits per heavy atom. The van der Waals surface area contributed by atoms with Gasteiger partial charge in [-0.1, -0.05) is 0 Å². The van der Waals surface area contributed by atoms with Gasteiger partial charge < -0.3 is 14.5 Å². The molecule has 0 aliphatic carbocycles. The van der Waals surface area contributed by atoms with Gasteiger partial charge in [0.1, 0.15) is 11.4 Å². The van der Waals surface area contributed by atoms with Crippen LogP contribution >= 0.6 is 0 Å². The van der Waals surface area contributed by atoms with Crippen LogP contribution in [0.5, 0.6) is 0 Å². The van der Waals surface area contributed by atoms with E-state index >= 15 is 0 Å². The molecule has 1 aliphatic heterocycles. The second kappa shape index (κ2) is 6.78. The lowest BCUT2D eigenvalue weighted by molar-refractivity contribution is -0.146. The third kappa shape index (κ3) is 3.97. The summed E-state index contributed by atoms with van der Waals surface area (Å²) in [7, 11) is 0. The Bertz CT molecular complexity index is 876. The average molecular weight is 400 g/mol.